The Morgan fingerprint density at radius 1 is 1.27 bits per heavy atom. The zero-order valence-electron chi connectivity index (χ0n) is 14.2. The highest BCUT2D eigenvalue weighted by Gasteiger charge is 2.31. The number of amides is 2. The van der Waals surface area contributed by atoms with Crippen molar-refractivity contribution in [1.82, 2.24) is 9.80 Å². The Morgan fingerprint density at radius 3 is 2.65 bits per heavy atom. The third-order valence-corrected chi connectivity index (χ3v) is 5.56. The summed E-state index contributed by atoms with van der Waals surface area (Å²) in [6.45, 7) is 2.82. The van der Waals surface area contributed by atoms with E-state index in [4.69, 9.17) is 17.0 Å². The average Bonchev–Trinajstić information content (AvgIpc) is 2.91. The number of halogens is 1. The van der Waals surface area contributed by atoms with Crippen LogP contribution in [0.25, 0.3) is 6.08 Å². The summed E-state index contributed by atoms with van der Waals surface area (Å²) in [7, 11) is 0. The van der Waals surface area contributed by atoms with Gasteiger partial charge in [-0.3, -0.25) is 14.5 Å². The van der Waals surface area contributed by atoms with Gasteiger partial charge in [-0.1, -0.05) is 36.1 Å². The molecular formula is C18H19FN2O3S2. The molecule has 5 nitrogen and oxygen atoms in total. The van der Waals surface area contributed by atoms with Gasteiger partial charge >= 0.3 is 0 Å². The van der Waals surface area contributed by atoms with Crippen molar-refractivity contribution in [3.8, 4) is 0 Å². The molecule has 0 aliphatic carbocycles. The molecule has 2 aliphatic heterocycles. The van der Waals surface area contributed by atoms with Crippen LogP contribution < -0.4 is 0 Å². The van der Waals surface area contributed by atoms with E-state index in [0.717, 1.165) is 5.56 Å². The zero-order valence-corrected chi connectivity index (χ0v) is 15.8. The lowest BCUT2D eigenvalue weighted by Crippen LogP contribution is -2.41. The van der Waals surface area contributed by atoms with Crippen LogP contribution in [0.1, 0.15) is 18.4 Å². The summed E-state index contributed by atoms with van der Waals surface area (Å²) in [6, 6.07) is 5.93. The van der Waals surface area contributed by atoms with Crippen LogP contribution in [-0.4, -0.2) is 58.8 Å². The largest absolute Gasteiger partial charge is 0.378 e. The van der Waals surface area contributed by atoms with E-state index < -0.39 is 0 Å². The maximum Gasteiger partial charge on any atom is 0.266 e. The number of benzene rings is 1. The summed E-state index contributed by atoms with van der Waals surface area (Å²) in [5.74, 6) is -0.400. The van der Waals surface area contributed by atoms with Gasteiger partial charge in [-0.25, -0.2) is 4.39 Å². The van der Waals surface area contributed by atoms with Gasteiger partial charge in [0.25, 0.3) is 5.91 Å². The highest BCUT2D eigenvalue weighted by atomic mass is 32.2. The molecular weight excluding hydrogens is 375 g/mol. The van der Waals surface area contributed by atoms with Crippen molar-refractivity contribution >= 4 is 46.2 Å². The van der Waals surface area contributed by atoms with Crippen LogP contribution in [0.15, 0.2) is 29.2 Å². The quantitative estimate of drug-likeness (QED) is 0.568. The number of thiocarbonyl (C=S) groups is 1. The van der Waals surface area contributed by atoms with Gasteiger partial charge in [-0.2, -0.15) is 0 Å². The molecule has 0 N–H and O–H groups in total. The second kappa shape index (κ2) is 8.75. The van der Waals surface area contributed by atoms with Gasteiger partial charge in [-0.15, -0.1) is 0 Å². The molecule has 8 heteroatoms. The lowest BCUT2D eigenvalue weighted by Gasteiger charge is -2.27. The third-order valence-electron chi connectivity index (χ3n) is 4.18. The van der Waals surface area contributed by atoms with Crippen LogP contribution in [0.4, 0.5) is 4.39 Å². The predicted octanol–water partition coefficient (Wildman–Crippen LogP) is 2.67. The minimum Gasteiger partial charge on any atom is -0.378 e. The summed E-state index contributed by atoms with van der Waals surface area (Å²) in [4.78, 5) is 28.5. The Bertz CT molecular complexity index is 730. The Balaban J connectivity index is 1.53. The molecule has 2 fully saturated rings. The SMILES string of the molecule is O=C(CCCN1C(=O)/C(=C/c2ccc(F)cc2)SC1=S)N1CCOCC1. The van der Waals surface area contributed by atoms with Crippen LogP contribution in [0, 0.1) is 5.82 Å². The molecule has 0 bridgehead atoms. The summed E-state index contributed by atoms with van der Waals surface area (Å²) in [5, 5.41) is 0. The number of carbonyl (C=O) groups excluding carboxylic acids is 2. The number of thioether (sulfide) groups is 1. The second-order valence-corrected chi connectivity index (χ2v) is 7.66. The monoisotopic (exact) mass is 394 g/mol. The molecule has 2 heterocycles. The first kappa shape index (κ1) is 19.0. The van der Waals surface area contributed by atoms with Crippen molar-refractivity contribution in [2.24, 2.45) is 0 Å². The molecule has 0 unspecified atom stereocenters. The molecule has 2 saturated heterocycles. The summed E-state index contributed by atoms with van der Waals surface area (Å²) in [6.07, 6.45) is 2.65. The summed E-state index contributed by atoms with van der Waals surface area (Å²) >= 11 is 6.52. The Morgan fingerprint density at radius 2 is 1.96 bits per heavy atom. The van der Waals surface area contributed by atoms with Gasteiger partial charge in [0.05, 0.1) is 18.1 Å². The van der Waals surface area contributed by atoms with E-state index in [1.807, 2.05) is 0 Å². The van der Waals surface area contributed by atoms with Gasteiger partial charge in [0.1, 0.15) is 10.1 Å². The smallest absolute Gasteiger partial charge is 0.266 e. The first-order chi connectivity index (χ1) is 12.5. The van der Waals surface area contributed by atoms with Crippen LogP contribution in [-0.2, 0) is 14.3 Å². The van der Waals surface area contributed by atoms with Crippen LogP contribution in [0.5, 0.6) is 0 Å². The molecule has 0 saturated carbocycles. The van der Waals surface area contributed by atoms with E-state index in [9.17, 15) is 14.0 Å². The normalized spacial score (nSPS) is 19.5. The van der Waals surface area contributed by atoms with E-state index in [1.165, 1.54) is 28.8 Å². The fourth-order valence-electron chi connectivity index (χ4n) is 2.76. The van der Waals surface area contributed by atoms with E-state index in [-0.39, 0.29) is 17.6 Å². The minimum atomic E-state index is -0.320. The number of morpholine rings is 1. The van der Waals surface area contributed by atoms with E-state index >= 15 is 0 Å². The Kier molecular flexibility index (Phi) is 6.39. The number of hydrogen-bond donors (Lipinski definition) is 0. The van der Waals surface area contributed by atoms with Crippen molar-refractivity contribution < 1.29 is 18.7 Å². The van der Waals surface area contributed by atoms with Crippen molar-refractivity contribution in [3.63, 3.8) is 0 Å². The first-order valence-electron chi connectivity index (χ1n) is 8.41. The highest BCUT2D eigenvalue weighted by molar-refractivity contribution is 8.26. The van der Waals surface area contributed by atoms with Crippen molar-refractivity contribution in [2.75, 3.05) is 32.8 Å². The fraction of sp³-hybridized carbons (Fsp3) is 0.389. The lowest BCUT2D eigenvalue weighted by molar-refractivity contribution is -0.135. The predicted molar refractivity (Wildman–Crippen MR) is 103 cm³/mol. The molecule has 0 aromatic heterocycles. The van der Waals surface area contributed by atoms with Crippen molar-refractivity contribution in [3.05, 3.63) is 40.6 Å². The minimum absolute atomic E-state index is 0.0839. The fourth-order valence-corrected chi connectivity index (χ4v) is 4.07. The van der Waals surface area contributed by atoms with Gasteiger partial charge in [0, 0.05) is 26.1 Å². The number of ether oxygens (including phenoxy) is 1. The average molecular weight is 394 g/mol. The molecule has 138 valence electrons. The maximum absolute atomic E-state index is 13.0. The lowest BCUT2D eigenvalue weighted by atomic mass is 10.2. The topological polar surface area (TPSA) is 49.9 Å². The first-order valence-corrected chi connectivity index (χ1v) is 9.63. The summed E-state index contributed by atoms with van der Waals surface area (Å²) < 4.78 is 18.7. The zero-order chi connectivity index (χ0) is 18.5. The van der Waals surface area contributed by atoms with Gasteiger partial charge < -0.3 is 9.64 Å². The molecule has 26 heavy (non-hydrogen) atoms. The highest BCUT2D eigenvalue weighted by Crippen LogP contribution is 2.32. The molecule has 1 aromatic carbocycles. The third kappa shape index (κ3) is 4.69. The Hall–Kier alpha value is -1.77. The van der Waals surface area contributed by atoms with E-state index in [2.05, 4.69) is 0 Å². The van der Waals surface area contributed by atoms with Crippen LogP contribution in [0.2, 0.25) is 0 Å². The number of nitrogens with zero attached hydrogens (tertiary/aromatic N) is 2. The van der Waals surface area contributed by atoms with E-state index in [1.54, 1.807) is 23.1 Å². The van der Waals surface area contributed by atoms with Crippen molar-refractivity contribution in [2.45, 2.75) is 12.8 Å². The van der Waals surface area contributed by atoms with Crippen LogP contribution in [0.3, 0.4) is 0 Å². The van der Waals surface area contributed by atoms with E-state index in [0.29, 0.717) is 54.9 Å². The molecule has 0 spiro atoms. The standard InChI is InChI=1S/C18H19FN2O3S2/c19-14-5-3-13(4-6-14)12-15-17(23)21(18(25)26-15)7-1-2-16(22)20-8-10-24-11-9-20/h3-6,12H,1-2,7-11H2/b15-12-. The van der Waals surface area contributed by atoms with Gasteiger partial charge in [0.2, 0.25) is 5.91 Å². The Labute approximate surface area is 161 Å². The maximum atomic E-state index is 13.0. The van der Waals surface area contributed by atoms with Crippen molar-refractivity contribution in [1.29, 1.82) is 0 Å². The molecule has 0 atom stereocenters. The molecule has 1 aromatic rings. The number of rotatable bonds is 5. The van der Waals surface area contributed by atoms with Gasteiger partial charge in [-0.05, 0) is 30.2 Å². The molecule has 2 aliphatic rings. The van der Waals surface area contributed by atoms with Crippen LogP contribution >= 0.6 is 24.0 Å². The molecule has 2 amide bonds. The molecule has 3 rings (SSSR count). The summed E-state index contributed by atoms with van der Waals surface area (Å²) in [5.41, 5.74) is 0.745. The van der Waals surface area contributed by atoms with Gasteiger partial charge in [0.15, 0.2) is 0 Å². The second-order valence-electron chi connectivity index (χ2n) is 5.98. The number of hydrogen-bond acceptors (Lipinski definition) is 5. The number of carbonyl (C=O) groups is 2. The molecule has 0 radical (unpaired) electrons.